The summed E-state index contributed by atoms with van der Waals surface area (Å²) in [6.07, 6.45) is 4.04. The number of phenolic OH excluding ortho intramolecular Hbond substituents is 1. The van der Waals surface area contributed by atoms with Gasteiger partial charge in [0.05, 0.1) is 23.0 Å². The minimum Gasteiger partial charge on any atom is -0.508 e. The van der Waals surface area contributed by atoms with Crippen LogP contribution in [0.3, 0.4) is 0 Å². The highest BCUT2D eigenvalue weighted by atomic mass is 32.1. The van der Waals surface area contributed by atoms with Crippen molar-refractivity contribution in [1.82, 2.24) is 9.97 Å². The van der Waals surface area contributed by atoms with Crippen molar-refractivity contribution in [2.75, 3.05) is 5.32 Å². The smallest absolute Gasteiger partial charge is 0.265 e. The number of anilines is 1. The van der Waals surface area contributed by atoms with Crippen LogP contribution in [0.15, 0.2) is 42.7 Å². The lowest BCUT2D eigenvalue weighted by Gasteiger charge is -2.04. The van der Waals surface area contributed by atoms with Gasteiger partial charge in [-0.3, -0.25) is 4.79 Å². The maximum atomic E-state index is 12.3. The molecule has 0 bridgehead atoms. The van der Waals surface area contributed by atoms with Gasteiger partial charge in [-0.05, 0) is 37.1 Å². The molecule has 0 radical (unpaired) electrons. The van der Waals surface area contributed by atoms with E-state index in [0.29, 0.717) is 22.0 Å². The molecule has 0 aliphatic carbocycles. The summed E-state index contributed by atoms with van der Waals surface area (Å²) < 4.78 is 0. The van der Waals surface area contributed by atoms with Crippen molar-refractivity contribution in [2.45, 2.75) is 20.3 Å². The zero-order chi connectivity index (χ0) is 17.1. The number of hydrogen-bond donors (Lipinski definition) is 2. The molecule has 2 heterocycles. The molecule has 0 unspecified atom stereocenters. The van der Waals surface area contributed by atoms with E-state index in [4.69, 9.17) is 0 Å². The van der Waals surface area contributed by atoms with Crippen LogP contribution in [0.4, 0.5) is 5.69 Å². The monoisotopic (exact) mass is 339 g/mol. The summed E-state index contributed by atoms with van der Waals surface area (Å²) in [6, 6.07) is 8.63. The molecule has 1 aromatic carbocycles. The predicted octanol–water partition coefficient (Wildman–Crippen LogP) is 4.03. The fourth-order valence-corrected chi connectivity index (χ4v) is 3.37. The lowest BCUT2D eigenvalue weighted by Crippen LogP contribution is -2.10. The topological polar surface area (TPSA) is 75.1 Å². The predicted molar refractivity (Wildman–Crippen MR) is 95.5 cm³/mol. The SMILES string of the molecule is CCc1sc(C(=O)Nc2cnc(-c3cccc(O)c3)nc2)cc1C. The molecule has 0 saturated carbocycles. The van der Waals surface area contributed by atoms with Crippen LogP contribution in [-0.2, 0) is 6.42 Å². The Balaban J connectivity index is 1.75. The highest BCUT2D eigenvalue weighted by molar-refractivity contribution is 7.14. The van der Waals surface area contributed by atoms with Gasteiger partial charge < -0.3 is 10.4 Å². The van der Waals surface area contributed by atoms with Gasteiger partial charge >= 0.3 is 0 Å². The van der Waals surface area contributed by atoms with Gasteiger partial charge in [0.2, 0.25) is 0 Å². The van der Waals surface area contributed by atoms with Crippen LogP contribution in [0.2, 0.25) is 0 Å². The van der Waals surface area contributed by atoms with E-state index in [2.05, 4.69) is 22.2 Å². The average Bonchev–Trinajstić information content (AvgIpc) is 2.96. The lowest BCUT2D eigenvalue weighted by molar-refractivity contribution is 0.103. The Kier molecular flexibility index (Phi) is 4.57. The standard InChI is InChI=1S/C18H17N3O2S/c1-3-15-11(2)7-16(24-15)18(23)21-13-9-19-17(20-10-13)12-5-4-6-14(22)8-12/h4-10,22H,3H2,1-2H3,(H,21,23). The zero-order valence-electron chi connectivity index (χ0n) is 13.4. The zero-order valence-corrected chi connectivity index (χ0v) is 14.2. The van der Waals surface area contributed by atoms with E-state index in [1.807, 2.05) is 19.1 Å². The molecule has 24 heavy (non-hydrogen) atoms. The number of thiophene rings is 1. The van der Waals surface area contributed by atoms with Gasteiger partial charge in [0.25, 0.3) is 5.91 Å². The normalized spacial score (nSPS) is 10.6. The second kappa shape index (κ2) is 6.80. The molecule has 0 atom stereocenters. The number of benzene rings is 1. The van der Waals surface area contributed by atoms with E-state index in [1.54, 1.807) is 30.6 Å². The maximum Gasteiger partial charge on any atom is 0.265 e. The number of phenols is 1. The first kappa shape index (κ1) is 16.1. The van der Waals surface area contributed by atoms with Crippen LogP contribution in [0.25, 0.3) is 11.4 Å². The quantitative estimate of drug-likeness (QED) is 0.752. The van der Waals surface area contributed by atoms with Gasteiger partial charge in [0, 0.05) is 10.4 Å². The van der Waals surface area contributed by atoms with Crippen LogP contribution in [0.1, 0.15) is 27.0 Å². The van der Waals surface area contributed by atoms with Crippen LogP contribution in [0.5, 0.6) is 5.75 Å². The average molecular weight is 339 g/mol. The Hall–Kier alpha value is -2.73. The van der Waals surface area contributed by atoms with Crippen LogP contribution >= 0.6 is 11.3 Å². The number of amides is 1. The number of rotatable bonds is 4. The Morgan fingerprint density at radius 2 is 2.00 bits per heavy atom. The highest BCUT2D eigenvalue weighted by Gasteiger charge is 2.12. The molecule has 5 nitrogen and oxygen atoms in total. The van der Waals surface area contributed by atoms with Crippen LogP contribution < -0.4 is 5.32 Å². The van der Waals surface area contributed by atoms with Crippen molar-refractivity contribution in [1.29, 1.82) is 0 Å². The lowest BCUT2D eigenvalue weighted by atomic mass is 10.2. The van der Waals surface area contributed by atoms with Crippen molar-refractivity contribution < 1.29 is 9.90 Å². The fraction of sp³-hybridized carbons (Fsp3) is 0.167. The van der Waals surface area contributed by atoms with Crippen molar-refractivity contribution in [3.63, 3.8) is 0 Å². The summed E-state index contributed by atoms with van der Waals surface area (Å²) in [6.45, 7) is 4.09. The molecule has 0 saturated heterocycles. The fourth-order valence-electron chi connectivity index (χ4n) is 2.36. The van der Waals surface area contributed by atoms with Gasteiger partial charge in [0.1, 0.15) is 5.75 Å². The van der Waals surface area contributed by atoms with E-state index in [-0.39, 0.29) is 11.7 Å². The molecular weight excluding hydrogens is 322 g/mol. The molecule has 0 aliphatic heterocycles. The largest absolute Gasteiger partial charge is 0.508 e. The molecule has 2 N–H and O–H groups in total. The molecule has 0 aliphatic rings. The molecule has 3 rings (SSSR count). The number of carbonyl (C=O) groups is 1. The van der Waals surface area contributed by atoms with Crippen molar-refractivity contribution >= 4 is 22.9 Å². The van der Waals surface area contributed by atoms with E-state index in [0.717, 1.165) is 12.0 Å². The van der Waals surface area contributed by atoms with Crippen molar-refractivity contribution in [3.8, 4) is 17.1 Å². The third-order valence-electron chi connectivity index (χ3n) is 3.58. The molecule has 0 fully saturated rings. The summed E-state index contributed by atoms with van der Waals surface area (Å²) in [5.41, 5.74) is 2.39. The van der Waals surface area contributed by atoms with E-state index >= 15 is 0 Å². The van der Waals surface area contributed by atoms with Gasteiger partial charge in [-0.2, -0.15) is 0 Å². The van der Waals surface area contributed by atoms with E-state index < -0.39 is 0 Å². The Bertz CT molecular complexity index is 872. The molecule has 122 valence electrons. The molecule has 2 aromatic heterocycles. The number of nitrogens with one attached hydrogen (secondary N) is 1. The second-order valence-electron chi connectivity index (χ2n) is 5.37. The molecule has 1 amide bonds. The van der Waals surface area contributed by atoms with Gasteiger partial charge in [-0.25, -0.2) is 9.97 Å². The van der Waals surface area contributed by atoms with Gasteiger partial charge in [-0.15, -0.1) is 11.3 Å². The summed E-state index contributed by atoms with van der Waals surface area (Å²) in [7, 11) is 0. The second-order valence-corrected chi connectivity index (χ2v) is 6.51. The summed E-state index contributed by atoms with van der Waals surface area (Å²) in [4.78, 5) is 22.7. The van der Waals surface area contributed by atoms with Gasteiger partial charge in [-0.1, -0.05) is 19.1 Å². The molecular formula is C18H17N3O2S. The molecule has 0 spiro atoms. The number of hydrogen-bond acceptors (Lipinski definition) is 5. The summed E-state index contributed by atoms with van der Waals surface area (Å²) >= 11 is 1.51. The van der Waals surface area contributed by atoms with Crippen molar-refractivity contribution in [3.05, 3.63) is 58.0 Å². The maximum absolute atomic E-state index is 12.3. The highest BCUT2D eigenvalue weighted by Crippen LogP contribution is 2.24. The first-order valence-corrected chi connectivity index (χ1v) is 8.40. The minimum atomic E-state index is -0.156. The number of carbonyl (C=O) groups excluding carboxylic acids is 1. The number of aryl methyl sites for hydroxylation is 2. The number of aromatic hydroxyl groups is 1. The Morgan fingerprint density at radius 1 is 1.25 bits per heavy atom. The van der Waals surface area contributed by atoms with Crippen molar-refractivity contribution in [2.24, 2.45) is 0 Å². The van der Waals surface area contributed by atoms with E-state index in [9.17, 15) is 9.90 Å². The number of nitrogens with zero attached hydrogens (tertiary/aromatic N) is 2. The first-order valence-electron chi connectivity index (χ1n) is 7.59. The molecule has 3 aromatic rings. The summed E-state index contributed by atoms with van der Waals surface area (Å²) in [5.74, 6) is 0.494. The Labute approximate surface area is 144 Å². The minimum absolute atomic E-state index is 0.156. The third-order valence-corrected chi connectivity index (χ3v) is 4.96. The first-order chi connectivity index (χ1) is 11.6. The van der Waals surface area contributed by atoms with Crippen LogP contribution in [0, 0.1) is 6.92 Å². The van der Waals surface area contributed by atoms with Gasteiger partial charge in [0.15, 0.2) is 5.82 Å². The molecule has 6 heteroatoms. The Morgan fingerprint density at radius 3 is 2.62 bits per heavy atom. The van der Waals surface area contributed by atoms with E-state index in [1.165, 1.54) is 16.2 Å². The van der Waals surface area contributed by atoms with Crippen LogP contribution in [-0.4, -0.2) is 21.0 Å². The summed E-state index contributed by atoms with van der Waals surface area (Å²) in [5, 5.41) is 12.3. The third kappa shape index (κ3) is 3.44. The number of aromatic nitrogens is 2.